The lowest BCUT2D eigenvalue weighted by Gasteiger charge is -2.07. The molecule has 0 heterocycles. The van der Waals surface area contributed by atoms with Crippen LogP contribution >= 0.6 is 11.6 Å². The van der Waals surface area contributed by atoms with Crippen LogP contribution in [0, 0.1) is 0 Å². The molecule has 1 unspecified atom stereocenters. The summed E-state index contributed by atoms with van der Waals surface area (Å²) in [5, 5.41) is 4.62. The molecule has 0 saturated heterocycles. The van der Waals surface area contributed by atoms with E-state index in [1.807, 2.05) is 12.1 Å². The van der Waals surface area contributed by atoms with Gasteiger partial charge in [0.25, 0.3) is 0 Å². The molecule has 1 atom stereocenters. The Labute approximate surface area is 137 Å². The summed E-state index contributed by atoms with van der Waals surface area (Å²) in [7, 11) is 1.83. The van der Waals surface area contributed by atoms with E-state index in [1.165, 1.54) is 7.11 Å². The zero-order valence-corrected chi connectivity index (χ0v) is 13.9. The van der Waals surface area contributed by atoms with E-state index >= 15 is 0 Å². The molecule has 2 rings (SSSR count). The van der Waals surface area contributed by atoms with Gasteiger partial charge in [0.1, 0.15) is 12.9 Å². The van der Waals surface area contributed by atoms with Crippen LogP contribution in [0.1, 0.15) is 5.56 Å². The molecule has 4 nitrogen and oxygen atoms in total. The molecule has 0 N–H and O–H groups in total. The van der Waals surface area contributed by atoms with Crippen molar-refractivity contribution in [2.24, 2.45) is 5.16 Å². The summed E-state index contributed by atoms with van der Waals surface area (Å²) in [6, 6.07) is 14.3. The van der Waals surface area contributed by atoms with E-state index < -0.39 is 10.8 Å². The number of nitrogens with zero attached hydrogens (tertiary/aromatic N) is 1. The molecule has 0 aliphatic rings. The lowest BCUT2D eigenvalue weighted by atomic mass is 10.1. The Morgan fingerprint density at radius 1 is 1.09 bits per heavy atom. The molecule has 2 aromatic carbocycles. The molecule has 0 radical (unpaired) electrons. The zero-order valence-electron chi connectivity index (χ0n) is 12.3. The monoisotopic (exact) mass is 337 g/mol. The highest BCUT2D eigenvalue weighted by molar-refractivity contribution is 7.85. The summed E-state index contributed by atoms with van der Waals surface area (Å²) in [4.78, 5) is 5.57. The van der Waals surface area contributed by atoms with Crippen LogP contribution < -0.4 is 4.74 Å². The van der Waals surface area contributed by atoms with Crippen LogP contribution in [0.4, 0.5) is 0 Å². The minimum atomic E-state index is -1.23. The van der Waals surface area contributed by atoms with E-state index in [1.54, 1.807) is 43.5 Å². The molecule has 2 aromatic rings. The molecule has 22 heavy (non-hydrogen) atoms. The largest absolute Gasteiger partial charge is 0.497 e. The fourth-order valence-corrected chi connectivity index (χ4v) is 3.05. The molecular formula is C16H16ClNO3S. The summed E-state index contributed by atoms with van der Waals surface area (Å²) in [6.07, 6.45) is 0. The first kappa shape index (κ1) is 16.5. The lowest BCUT2D eigenvalue weighted by Crippen LogP contribution is -2.13. The highest BCUT2D eigenvalue weighted by atomic mass is 35.5. The Bertz CT molecular complexity index is 669. The molecular weight excluding hydrogens is 322 g/mol. The minimum Gasteiger partial charge on any atom is -0.497 e. The third kappa shape index (κ3) is 4.32. The summed E-state index contributed by atoms with van der Waals surface area (Å²) in [5.41, 5.74) is 1.43. The molecule has 0 aliphatic carbocycles. The van der Waals surface area contributed by atoms with Crippen LogP contribution in [-0.2, 0) is 15.6 Å². The van der Waals surface area contributed by atoms with Gasteiger partial charge in [-0.1, -0.05) is 28.9 Å². The predicted molar refractivity (Wildman–Crippen MR) is 89.3 cm³/mol. The van der Waals surface area contributed by atoms with Crippen molar-refractivity contribution in [3.63, 3.8) is 0 Å². The van der Waals surface area contributed by atoms with Crippen LogP contribution in [0.15, 0.2) is 58.6 Å². The van der Waals surface area contributed by atoms with Gasteiger partial charge in [-0.25, -0.2) is 0 Å². The van der Waals surface area contributed by atoms with Crippen molar-refractivity contribution >= 4 is 28.1 Å². The Balaban J connectivity index is 2.18. The number of hydrogen-bond acceptors (Lipinski definition) is 4. The van der Waals surface area contributed by atoms with Gasteiger partial charge in [-0.2, -0.15) is 0 Å². The Morgan fingerprint density at radius 2 is 1.73 bits per heavy atom. The number of methoxy groups -OCH3 is 1. The SMILES string of the molecule is CON=C(CS(=O)c1ccc(OC)cc1)c1ccc(Cl)cc1. The quantitative estimate of drug-likeness (QED) is 0.598. The molecule has 0 aromatic heterocycles. The standard InChI is InChI=1S/C16H16ClNO3S/c1-20-14-7-9-15(10-8-14)22(19)11-16(18-21-2)12-3-5-13(17)6-4-12/h3-10H,11H2,1-2H3. The van der Waals surface area contributed by atoms with Crippen molar-refractivity contribution < 1.29 is 13.8 Å². The summed E-state index contributed by atoms with van der Waals surface area (Å²) >= 11 is 5.88. The number of hydrogen-bond donors (Lipinski definition) is 0. The van der Waals surface area contributed by atoms with E-state index in [0.29, 0.717) is 15.6 Å². The molecule has 116 valence electrons. The normalized spacial score (nSPS) is 12.8. The van der Waals surface area contributed by atoms with Gasteiger partial charge in [-0.15, -0.1) is 0 Å². The highest BCUT2D eigenvalue weighted by Gasteiger charge is 2.12. The minimum absolute atomic E-state index is 0.252. The van der Waals surface area contributed by atoms with Crippen LogP contribution in [0.25, 0.3) is 0 Å². The van der Waals surface area contributed by atoms with E-state index in [0.717, 1.165) is 11.3 Å². The average Bonchev–Trinajstić information content (AvgIpc) is 2.55. The fraction of sp³-hybridized carbons (Fsp3) is 0.188. The second-order valence-corrected chi connectivity index (χ2v) is 6.28. The number of rotatable bonds is 6. The first-order chi connectivity index (χ1) is 10.6. The van der Waals surface area contributed by atoms with Gasteiger partial charge in [0.15, 0.2) is 0 Å². The first-order valence-corrected chi connectivity index (χ1v) is 8.22. The average molecular weight is 338 g/mol. The van der Waals surface area contributed by atoms with Crippen molar-refractivity contribution in [3.05, 3.63) is 59.1 Å². The lowest BCUT2D eigenvalue weighted by molar-refractivity contribution is 0.213. The van der Waals surface area contributed by atoms with E-state index in [2.05, 4.69) is 5.16 Å². The molecule has 0 bridgehead atoms. The molecule has 0 spiro atoms. The third-order valence-corrected chi connectivity index (χ3v) is 4.55. The zero-order chi connectivity index (χ0) is 15.9. The van der Waals surface area contributed by atoms with Crippen LogP contribution in [0.3, 0.4) is 0 Å². The first-order valence-electron chi connectivity index (χ1n) is 6.52. The second kappa shape index (κ2) is 7.96. The smallest absolute Gasteiger partial charge is 0.118 e. The van der Waals surface area contributed by atoms with Crippen LogP contribution in [-0.4, -0.2) is 29.9 Å². The van der Waals surface area contributed by atoms with Crippen LogP contribution in [0.2, 0.25) is 5.02 Å². The molecule has 0 amide bonds. The number of ether oxygens (including phenoxy) is 1. The van der Waals surface area contributed by atoms with Gasteiger partial charge in [0, 0.05) is 15.5 Å². The van der Waals surface area contributed by atoms with E-state index in [4.69, 9.17) is 21.2 Å². The summed E-state index contributed by atoms with van der Waals surface area (Å²) in [5.74, 6) is 0.978. The fourth-order valence-electron chi connectivity index (χ4n) is 1.85. The number of halogens is 1. The van der Waals surface area contributed by atoms with Crippen LogP contribution in [0.5, 0.6) is 5.75 Å². The van der Waals surface area contributed by atoms with Gasteiger partial charge in [0.2, 0.25) is 0 Å². The van der Waals surface area contributed by atoms with Crippen molar-refractivity contribution in [1.82, 2.24) is 0 Å². The molecule has 6 heteroatoms. The molecule has 0 saturated carbocycles. The van der Waals surface area contributed by atoms with Gasteiger partial charge in [-0.05, 0) is 36.4 Å². The maximum atomic E-state index is 12.5. The van der Waals surface area contributed by atoms with Crippen molar-refractivity contribution in [1.29, 1.82) is 0 Å². The van der Waals surface area contributed by atoms with Crippen molar-refractivity contribution in [3.8, 4) is 5.75 Å². The predicted octanol–water partition coefficient (Wildman–Crippen LogP) is 3.51. The third-order valence-electron chi connectivity index (χ3n) is 2.97. The molecule has 0 aliphatic heterocycles. The maximum absolute atomic E-state index is 12.5. The van der Waals surface area contributed by atoms with Gasteiger partial charge < -0.3 is 9.57 Å². The van der Waals surface area contributed by atoms with E-state index in [9.17, 15) is 4.21 Å². The summed E-state index contributed by atoms with van der Waals surface area (Å²) < 4.78 is 17.6. The highest BCUT2D eigenvalue weighted by Crippen LogP contribution is 2.16. The Morgan fingerprint density at radius 3 is 2.27 bits per heavy atom. The van der Waals surface area contributed by atoms with Crippen molar-refractivity contribution in [2.45, 2.75) is 4.90 Å². The molecule has 0 fully saturated rings. The number of oxime groups is 1. The topological polar surface area (TPSA) is 47.9 Å². The Kier molecular flexibility index (Phi) is 5.98. The second-order valence-electron chi connectivity index (χ2n) is 4.39. The Hall–Kier alpha value is -1.85. The summed E-state index contributed by atoms with van der Waals surface area (Å²) in [6.45, 7) is 0. The van der Waals surface area contributed by atoms with Gasteiger partial charge in [-0.3, -0.25) is 4.21 Å². The number of benzene rings is 2. The van der Waals surface area contributed by atoms with Crippen molar-refractivity contribution in [2.75, 3.05) is 20.0 Å². The van der Waals surface area contributed by atoms with Gasteiger partial charge >= 0.3 is 0 Å². The van der Waals surface area contributed by atoms with E-state index in [-0.39, 0.29) is 5.75 Å². The van der Waals surface area contributed by atoms with Gasteiger partial charge in [0.05, 0.1) is 29.4 Å². The maximum Gasteiger partial charge on any atom is 0.118 e.